The van der Waals surface area contributed by atoms with Crippen LogP contribution in [0, 0.1) is 0 Å². The standard InChI is InChI=1S/C15H19N3.2ClH/c1-2-17-9-11-18(12-10-17)15-14-6-4-3-5-13(14)7-8-16-15;;/h3-8H,2,9-12H2,1H3;2*1H. The summed E-state index contributed by atoms with van der Waals surface area (Å²) in [4.78, 5) is 9.49. The molecule has 110 valence electrons. The zero-order valence-electron chi connectivity index (χ0n) is 11.7. The Morgan fingerprint density at radius 3 is 2.40 bits per heavy atom. The lowest BCUT2D eigenvalue weighted by molar-refractivity contribution is 0.271. The van der Waals surface area contributed by atoms with Crippen molar-refractivity contribution >= 4 is 41.4 Å². The monoisotopic (exact) mass is 313 g/mol. The molecular formula is C15H21Cl2N3. The van der Waals surface area contributed by atoms with Gasteiger partial charge in [0.15, 0.2) is 0 Å². The normalized spacial score (nSPS) is 15.6. The summed E-state index contributed by atoms with van der Waals surface area (Å²) in [5.74, 6) is 1.14. The minimum atomic E-state index is 0. The lowest BCUT2D eigenvalue weighted by Gasteiger charge is -2.35. The van der Waals surface area contributed by atoms with Crippen molar-refractivity contribution in [3.8, 4) is 0 Å². The molecule has 5 heteroatoms. The van der Waals surface area contributed by atoms with Crippen LogP contribution < -0.4 is 4.90 Å². The predicted molar refractivity (Wildman–Crippen MR) is 90.6 cm³/mol. The van der Waals surface area contributed by atoms with Gasteiger partial charge in [-0.15, -0.1) is 24.8 Å². The Labute approximate surface area is 132 Å². The Hall–Kier alpha value is -1.03. The van der Waals surface area contributed by atoms with Crippen LogP contribution in [0.5, 0.6) is 0 Å². The first-order chi connectivity index (χ1) is 8.88. The van der Waals surface area contributed by atoms with Crippen LogP contribution in [0.25, 0.3) is 10.8 Å². The van der Waals surface area contributed by atoms with Gasteiger partial charge in [-0.1, -0.05) is 31.2 Å². The Morgan fingerprint density at radius 2 is 1.70 bits per heavy atom. The van der Waals surface area contributed by atoms with Crippen molar-refractivity contribution in [1.82, 2.24) is 9.88 Å². The van der Waals surface area contributed by atoms with Gasteiger partial charge in [0.2, 0.25) is 0 Å². The van der Waals surface area contributed by atoms with Gasteiger partial charge in [-0.3, -0.25) is 0 Å². The average Bonchev–Trinajstić information content (AvgIpc) is 2.47. The second kappa shape index (κ2) is 7.67. The lowest BCUT2D eigenvalue weighted by atomic mass is 10.1. The Bertz CT molecular complexity index is 534. The van der Waals surface area contributed by atoms with Crippen molar-refractivity contribution in [2.24, 2.45) is 0 Å². The molecule has 3 rings (SSSR count). The SMILES string of the molecule is CCN1CCN(c2nccc3ccccc23)CC1.Cl.Cl. The van der Waals surface area contributed by atoms with E-state index in [-0.39, 0.29) is 24.8 Å². The molecule has 0 aliphatic carbocycles. The summed E-state index contributed by atoms with van der Waals surface area (Å²) < 4.78 is 0. The van der Waals surface area contributed by atoms with Crippen molar-refractivity contribution in [1.29, 1.82) is 0 Å². The van der Waals surface area contributed by atoms with Gasteiger partial charge < -0.3 is 9.80 Å². The molecule has 20 heavy (non-hydrogen) atoms. The fraction of sp³-hybridized carbons (Fsp3) is 0.400. The molecule has 0 radical (unpaired) electrons. The lowest BCUT2D eigenvalue weighted by Crippen LogP contribution is -2.46. The van der Waals surface area contributed by atoms with E-state index < -0.39 is 0 Å². The quantitative estimate of drug-likeness (QED) is 0.848. The number of hydrogen-bond donors (Lipinski definition) is 0. The first kappa shape index (κ1) is 17.0. The number of benzene rings is 1. The van der Waals surface area contributed by atoms with Crippen LogP contribution in [-0.4, -0.2) is 42.6 Å². The molecule has 0 spiro atoms. The number of pyridine rings is 1. The van der Waals surface area contributed by atoms with Crippen molar-refractivity contribution in [2.75, 3.05) is 37.6 Å². The summed E-state index contributed by atoms with van der Waals surface area (Å²) in [7, 11) is 0. The molecule has 0 saturated carbocycles. The van der Waals surface area contributed by atoms with E-state index in [1.165, 1.54) is 10.8 Å². The van der Waals surface area contributed by atoms with Gasteiger partial charge in [-0.2, -0.15) is 0 Å². The van der Waals surface area contributed by atoms with E-state index in [0.717, 1.165) is 38.5 Å². The Kier molecular flexibility index (Phi) is 6.53. The zero-order valence-corrected chi connectivity index (χ0v) is 13.3. The highest BCUT2D eigenvalue weighted by Crippen LogP contribution is 2.24. The van der Waals surface area contributed by atoms with Crippen LogP contribution in [0.4, 0.5) is 5.82 Å². The number of fused-ring (bicyclic) bond motifs is 1. The number of hydrogen-bond acceptors (Lipinski definition) is 3. The Morgan fingerprint density at radius 1 is 1.00 bits per heavy atom. The molecule has 1 aromatic heterocycles. The van der Waals surface area contributed by atoms with E-state index >= 15 is 0 Å². The molecule has 1 aromatic carbocycles. The molecular weight excluding hydrogens is 293 g/mol. The van der Waals surface area contributed by atoms with E-state index in [1.54, 1.807) is 0 Å². The third kappa shape index (κ3) is 3.35. The second-order valence-electron chi connectivity index (χ2n) is 4.78. The third-order valence-electron chi connectivity index (χ3n) is 3.77. The molecule has 0 atom stereocenters. The number of halogens is 2. The summed E-state index contributed by atoms with van der Waals surface area (Å²) in [6.07, 6.45) is 1.92. The zero-order chi connectivity index (χ0) is 12.4. The number of likely N-dealkylation sites (N-methyl/N-ethyl adjacent to an activating group) is 1. The highest BCUT2D eigenvalue weighted by Gasteiger charge is 2.18. The van der Waals surface area contributed by atoms with Gasteiger partial charge in [-0.25, -0.2) is 4.98 Å². The predicted octanol–water partition coefficient (Wildman–Crippen LogP) is 3.22. The van der Waals surface area contributed by atoms with Crippen molar-refractivity contribution in [3.05, 3.63) is 36.5 Å². The van der Waals surface area contributed by atoms with Gasteiger partial charge in [0.25, 0.3) is 0 Å². The van der Waals surface area contributed by atoms with Crippen LogP contribution in [0.15, 0.2) is 36.5 Å². The largest absolute Gasteiger partial charge is 0.354 e. The van der Waals surface area contributed by atoms with Crippen LogP contribution in [0.2, 0.25) is 0 Å². The molecule has 1 aliphatic rings. The van der Waals surface area contributed by atoms with E-state index in [2.05, 4.69) is 52.0 Å². The first-order valence-electron chi connectivity index (χ1n) is 6.69. The molecule has 1 saturated heterocycles. The maximum atomic E-state index is 4.59. The van der Waals surface area contributed by atoms with Crippen LogP contribution >= 0.6 is 24.8 Å². The molecule has 1 fully saturated rings. The van der Waals surface area contributed by atoms with Gasteiger partial charge in [-0.05, 0) is 18.0 Å². The highest BCUT2D eigenvalue weighted by atomic mass is 35.5. The number of piperazine rings is 1. The molecule has 0 N–H and O–H groups in total. The number of nitrogens with zero attached hydrogens (tertiary/aromatic N) is 3. The minimum Gasteiger partial charge on any atom is -0.354 e. The molecule has 3 nitrogen and oxygen atoms in total. The fourth-order valence-corrected chi connectivity index (χ4v) is 2.63. The maximum Gasteiger partial charge on any atom is 0.136 e. The van der Waals surface area contributed by atoms with E-state index in [9.17, 15) is 0 Å². The average molecular weight is 314 g/mol. The summed E-state index contributed by atoms with van der Waals surface area (Å²) in [6, 6.07) is 10.6. The van der Waals surface area contributed by atoms with Gasteiger partial charge in [0, 0.05) is 37.8 Å². The summed E-state index contributed by atoms with van der Waals surface area (Å²) in [5.41, 5.74) is 0. The van der Waals surface area contributed by atoms with Crippen molar-refractivity contribution in [2.45, 2.75) is 6.92 Å². The summed E-state index contributed by atoms with van der Waals surface area (Å²) >= 11 is 0. The molecule has 2 aromatic rings. The van der Waals surface area contributed by atoms with Gasteiger partial charge in [0.1, 0.15) is 5.82 Å². The van der Waals surface area contributed by atoms with Crippen molar-refractivity contribution in [3.63, 3.8) is 0 Å². The number of rotatable bonds is 2. The van der Waals surface area contributed by atoms with E-state index in [1.807, 2.05) is 6.20 Å². The van der Waals surface area contributed by atoms with Crippen LogP contribution in [0.3, 0.4) is 0 Å². The minimum absolute atomic E-state index is 0. The molecule has 0 amide bonds. The molecule has 0 unspecified atom stereocenters. The van der Waals surface area contributed by atoms with Gasteiger partial charge in [0.05, 0.1) is 0 Å². The summed E-state index contributed by atoms with van der Waals surface area (Å²) in [5, 5.41) is 2.55. The first-order valence-corrected chi connectivity index (χ1v) is 6.69. The summed E-state index contributed by atoms with van der Waals surface area (Å²) in [6.45, 7) is 7.81. The molecule has 2 heterocycles. The number of anilines is 1. The molecule has 0 bridgehead atoms. The van der Waals surface area contributed by atoms with Crippen molar-refractivity contribution < 1.29 is 0 Å². The Balaban J connectivity index is 0.000001000. The highest BCUT2D eigenvalue weighted by molar-refractivity contribution is 5.92. The fourth-order valence-electron chi connectivity index (χ4n) is 2.63. The maximum absolute atomic E-state index is 4.59. The second-order valence-corrected chi connectivity index (χ2v) is 4.78. The van der Waals surface area contributed by atoms with E-state index in [4.69, 9.17) is 0 Å². The van der Waals surface area contributed by atoms with Crippen LogP contribution in [0.1, 0.15) is 6.92 Å². The third-order valence-corrected chi connectivity index (χ3v) is 3.77. The number of aromatic nitrogens is 1. The van der Waals surface area contributed by atoms with Gasteiger partial charge >= 0.3 is 0 Å². The van der Waals surface area contributed by atoms with Crippen LogP contribution in [-0.2, 0) is 0 Å². The molecule has 1 aliphatic heterocycles. The van der Waals surface area contributed by atoms with E-state index in [0.29, 0.717) is 0 Å². The topological polar surface area (TPSA) is 19.4 Å². The smallest absolute Gasteiger partial charge is 0.136 e.